The van der Waals surface area contributed by atoms with Crippen molar-refractivity contribution in [2.45, 2.75) is 64.1 Å². The predicted octanol–water partition coefficient (Wildman–Crippen LogP) is 5.86. The number of aromatic amines is 1. The summed E-state index contributed by atoms with van der Waals surface area (Å²) in [6.45, 7) is 5.87. The van der Waals surface area contributed by atoms with E-state index in [2.05, 4.69) is 25.4 Å². The van der Waals surface area contributed by atoms with Gasteiger partial charge in [0.05, 0.1) is 41.1 Å². The summed E-state index contributed by atoms with van der Waals surface area (Å²) in [5, 5.41) is 10.6. The number of alkyl halides is 2. The van der Waals surface area contributed by atoms with Crippen LogP contribution in [0.2, 0.25) is 0 Å². The van der Waals surface area contributed by atoms with Crippen LogP contribution in [-0.2, 0) is 26.7 Å². The molecule has 5 heterocycles. The Morgan fingerprint density at radius 3 is 2.14 bits per heavy atom. The van der Waals surface area contributed by atoms with Crippen molar-refractivity contribution in [3.63, 3.8) is 0 Å². The Balaban J connectivity index is 0.774. The van der Waals surface area contributed by atoms with E-state index in [-0.39, 0.29) is 71.7 Å². The van der Waals surface area contributed by atoms with Crippen LogP contribution in [0.1, 0.15) is 77.2 Å². The molecule has 0 atom stereocenters. The Kier molecular flexibility index (Phi) is 13.4. The molecule has 2 aromatic heterocycles. The fraction of sp³-hybridized carbons (Fsp3) is 0.396. The monoisotopic (exact) mass is 892 g/mol. The summed E-state index contributed by atoms with van der Waals surface area (Å²) < 4.78 is 49.6. The largest absolute Gasteiger partial charge is 0.375 e. The van der Waals surface area contributed by atoms with Gasteiger partial charge in [0.2, 0.25) is 11.8 Å². The van der Waals surface area contributed by atoms with Crippen LogP contribution in [0.25, 0.3) is 21.9 Å². The summed E-state index contributed by atoms with van der Waals surface area (Å²) in [5.74, 6) is -4.87. The van der Waals surface area contributed by atoms with Crippen LogP contribution in [0, 0.1) is 5.82 Å². The minimum absolute atomic E-state index is 0.0149. The molecule has 3 aromatic carbocycles. The molecule has 65 heavy (non-hydrogen) atoms. The number of piperazine rings is 1. The van der Waals surface area contributed by atoms with Crippen molar-refractivity contribution in [3.8, 4) is 11.1 Å². The van der Waals surface area contributed by atoms with Crippen LogP contribution in [0.5, 0.6) is 0 Å². The zero-order valence-corrected chi connectivity index (χ0v) is 36.3. The molecule has 17 heteroatoms. The number of carbonyl (C=O) groups excluding carboxylic acids is 4. The molecule has 0 saturated carbocycles. The van der Waals surface area contributed by atoms with E-state index in [4.69, 9.17) is 4.74 Å². The molecule has 340 valence electrons. The number of fused-ring (bicyclic) bond motifs is 1. The molecule has 8 rings (SSSR count). The first kappa shape index (κ1) is 45.1. The number of hydrogen-bond acceptors (Lipinski definition) is 9. The van der Waals surface area contributed by atoms with E-state index in [1.54, 1.807) is 45.0 Å². The number of likely N-dealkylation sites (tertiary alicyclic amines) is 2. The molecule has 0 bridgehead atoms. The van der Waals surface area contributed by atoms with Gasteiger partial charge in [-0.3, -0.25) is 28.9 Å². The number of benzene rings is 3. The van der Waals surface area contributed by atoms with Gasteiger partial charge in [0.15, 0.2) is 5.69 Å². The second-order valence-electron chi connectivity index (χ2n) is 17.1. The normalized spacial score (nSPS) is 16.8. The fourth-order valence-corrected chi connectivity index (χ4v) is 8.84. The second-order valence-corrected chi connectivity index (χ2v) is 17.1. The molecule has 14 nitrogen and oxygen atoms in total. The molecule has 0 radical (unpaired) electrons. The zero-order chi connectivity index (χ0) is 45.8. The summed E-state index contributed by atoms with van der Waals surface area (Å²) in [4.78, 5) is 76.4. The Bertz CT molecular complexity index is 2650. The molecule has 3 fully saturated rings. The van der Waals surface area contributed by atoms with Gasteiger partial charge in [0.25, 0.3) is 23.3 Å². The second kappa shape index (κ2) is 19.3. The van der Waals surface area contributed by atoms with Crippen molar-refractivity contribution in [1.29, 1.82) is 0 Å². The number of carbonyl (C=O) groups is 4. The van der Waals surface area contributed by atoms with Gasteiger partial charge < -0.3 is 24.8 Å². The van der Waals surface area contributed by atoms with Crippen molar-refractivity contribution in [2.75, 3.05) is 64.2 Å². The number of halogens is 3. The Morgan fingerprint density at radius 2 is 1.45 bits per heavy atom. The maximum Gasteiger partial charge on any atom is 0.274 e. The van der Waals surface area contributed by atoms with E-state index in [1.807, 2.05) is 12.1 Å². The minimum atomic E-state index is -3.04. The van der Waals surface area contributed by atoms with Gasteiger partial charge in [-0.25, -0.2) is 23.3 Å². The van der Waals surface area contributed by atoms with Gasteiger partial charge in [0.1, 0.15) is 5.82 Å². The van der Waals surface area contributed by atoms with Crippen molar-refractivity contribution < 1.29 is 37.1 Å². The highest BCUT2D eigenvalue weighted by Crippen LogP contribution is 2.32. The first-order valence-corrected chi connectivity index (χ1v) is 22.0. The van der Waals surface area contributed by atoms with Gasteiger partial charge in [-0.2, -0.15) is 5.10 Å². The number of aromatic nitrogens is 3. The molecular weight excluding hydrogens is 842 g/mol. The van der Waals surface area contributed by atoms with Crippen molar-refractivity contribution >= 4 is 40.1 Å². The van der Waals surface area contributed by atoms with E-state index in [0.29, 0.717) is 91.7 Å². The molecule has 4 amide bonds. The lowest BCUT2D eigenvalue weighted by Gasteiger charge is -2.38. The van der Waals surface area contributed by atoms with Crippen LogP contribution in [-0.4, -0.2) is 130 Å². The molecule has 0 aliphatic carbocycles. The number of pyridine rings is 1. The first-order chi connectivity index (χ1) is 31.2. The number of hydrogen-bond donors (Lipinski definition) is 2. The van der Waals surface area contributed by atoms with Crippen molar-refractivity contribution in [3.05, 3.63) is 123 Å². The SMILES string of the molecule is CC(=O)Nc1cc(-c2cccc(C(C)(F)F)c2)cnc1C(=O)N1CCC(OC2CCN(CC(=O)N3CCN(C(=O)c4cc(Cc5n[nH]c(=O)c6ccccc56)ccc4F)CC3)CC2)CC1. The Morgan fingerprint density at radius 1 is 0.785 bits per heavy atom. The van der Waals surface area contributed by atoms with E-state index >= 15 is 4.39 Å². The maximum atomic E-state index is 15.0. The molecule has 0 unspecified atom stereocenters. The molecule has 3 saturated heterocycles. The van der Waals surface area contributed by atoms with E-state index < -0.39 is 23.6 Å². The van der Waals surface area contributed by atoms with Crippen LogP contribution < -0.4 is 10.9 Å². The van der Waals surface area contributed by atoms with Gasteiger partial charge in [-0.15, -0.1) is 0 Å². The van der Waals surface area contributed by atoms with Crippen LogP contribution in [0.15, 0.2) is 83.8 Å². The van der Waals surface area contributed by atoms with Crippen LogP contribution >= 0.6 is 0 Å². The summed E-state index contributed by atoms with van der Waals surface area (Å²) >= 11 is 0. The molecule has 0 spiro atoms. The lowest BCUT2D eigenvalue weighted by atomic mass is 10.0. The third kappa shape index (κ3) is 10.6. The number of piperidine rings is 2. The highest BCUT2D eigenvalue weighted by molar-refractivity contribution is 6.02. The quantitative estimate of drug-likeness (QED) is 0.166. The molecule has 5 aromatic rings. The summed E-state index contributed by atoms with van der Waals surface area (Å²) in [5.41, 5.74) is 2.02. The Hall–Kier alpha value is -6.46. The number of amides is 4. The summed E-state index contributed by atoms with van der Waals surface area (Å²) in [6.07, 6.45) is 4.46. The molecule has 3 aliphatic heterocycles. The van der Waals surface area contributed by atoms with Crippen LogP contribution in [0.4, 0.5) is 18.9 Å². The fourth-order valence-electron chi connectivity index (χ4n) is 8.84. The van der Waals surface area contributed by atoms with Gasteiger partial charge >= 0.3 is 0 Å². The van der Waals surface area contributed by atoms with E-state index in [1.165, 1.54) is 43.5 Å². The Labute approximate surface area is 373 Å². The lowest BCUT2D eigenvalue weighted by molar-refractivity contribution is -0.135. The number of rotatable bonds is 11. The van der Waals surface area contributed by atoms with Crippen molar-refractivity contribution in [2.24, 2.45) is 0 Å². The third-order valence-electron chi connectivity index (χ3n) is 12.4. The smallest absolute Gasteiger partial charge is 0.274 e. The highest BCUT2D eigenvalue weighted by atomic mass is 19.3. The third-order valence-corrected chi connectivity index (χ3v) is 12.4. The standard InChI is InChI=1S/C48H51F3N8O6/c1-30(60)53-42-27-33(32-6-5-7-34(26-32)48(2,50)51)28-52-44(42)47(64)58-18-14-36(15-19-58)65-35-12-16-56(17-13-35)29-43(61)57-20-22-59(23-21-57)46(63)39-24-31(10-11-40(39)49)25-41-37-8-3-4-9-38(37)45(62)55-54-41/h3-11,24,26-28,35-36H,12-23,25,29H2,1-2H3,(H,53,60)(H,55,62). The highest BCUT2D eigenvalue weighted by Gasteiger charge is 2.32. The van der Waals surface area contributed by atoms with E-state index in [9.17, 15) is 32.8 Å². The molecule has 3 aliphatic rings. The number of ether oxygens (including phenoxy) is 1. The maximum absolute atomic E-state index is 15.0. The minimum Gasteiger partial charge on any atom is -0.375 e. The predicted molar refractivity (Wildman–Crippen MR) is 237 cm³/mol. The molecule has 2 N–H and O–H groups in total. The van der Waals surface area contributed by atoms with E-state index in [0.717, 1.165) is 19.8 Å². The number of nitrogens with zero attached hydrogens (tertiary/aromatic N) is 6. The van der Waals surface area contributed by atoms with Crippen LogP contribution in [0.3, 0.4) is 0 Å². The van der Waals surface area contributed by atoms with Gasteiger partial charge in [-0.1, -0.05) is 42.5 Å². The average molecular weight is 893 g/mol. The lowest BCUT2D eigenvalue weighted by Crippen LogP contribution is -2.53. The first-order valence-electron chi connectivity index (χ1n) is 22.0. The number of anilines is 1. The van der Waals surface area contributed by atoms with Gasteiger partial charge in [-0.05, 0) is 67.1 Å². The number of nitrogens with one attached hydrogen (secondary N) is 2. The molecular formula is C48H51F3N8O6. The zero-order valence-electron chi connectivity index (χ0n) is 36.3. The average Bonchev–Trinajstić information content (AvgIpc) is 3.30. The number of H-pyrrole nitrogens is 1. The summed E-state index contributed by atoms with van der Waals surface area (Å²) in [6, 6.07) is 19.0. The van der Waals surface area contributed by atoms with Crippen molar-refractivity contribution in [1.82, 2.24) is 34.8 Å². The topological polar surface area (TPSA) is 161 Å². The summed E-state index contributed by atoms with van der Waals surface area (Å²) in [7, 11) is 0. The van der Waals surface area contributed by atoms with Gasteiger partial charge in [0, 0.05) is 95.3 Å².